The highest BCUT2D eigenvalue weighted by Crippen LogP contribution is 2.25. The van der Waals surface area contributed by atoms with Crippen LogP contribution in [0.4, 0.5) is 5.69 Å². The molecule has 2 rings (SSSR count). The maximum absolute atomic E-state index is 12.8. The van der Waals surface area contributed by atoms with Crippen molar-refractivity contribution >= 4 is 35.0 Å². The molecule has 0 aliphatic carbocycles. The van der Waals surface area contributed by atoms with Crippen LogP contribution in [0.15, 0.2) is 60.3 Å². The number of esters is 2. The van der Waals surface area contributed by atoms with E-state index in [9.17, 15) is 14.4 Å². The first kappa shape index (κ1) is 19.2. The topological polar surface area (TPSA) is 81.7 Å². The quantitative estimate of drug-likeness (QED) is 0.475. The highest BCUT2D eigenvalue weighted by atomic mass is 35.5. The summed E-state index contributed by atoms with van der Waals surface area (Å²) in [6.07, 6.45) is 0.942. The predicted molar refractivity (Wildman–Crippen MR) is 97.1 cm³/mol. The van der Waals surface area contributed by atoms with Gasteiger partial charge in [0.1, 0.15) is 5.70 Å². The molecule has 0 unspecified atom stereocenters. The molecule has 0 amide bonds. The van der Waals surface area contributed by atoms with Gasteiger partial charge >= 0.3 is 11.9 Å². The second-order valence-electron chi connectivity index (χ2n) is 5.08. The first-order chi connectivity index (χ1) is 12.5. The van der Waals surface area contributed by atoms with E-state index in [1.54, 1.807) is 36.4 Å². The second-order valence-corrected chi connectivity index (χ2v) is 5.52. The van der Waals surface area contributed by atoms with Crippen LogP contribution in [0.1, 0.15) is 15.9 Å². The molecule has 0 spiro atoms. The van der Waals surface area contributed by atoms with Crippen molar-refractivity contribution < 1.29 is 23.9 Å². The molecule has 0 aliphatic rings. The number of nitrogens with one attached hydrogen (secondary N) is 1. The maximum atomic E-state index is 12.8. The first-order valence-corrected chi connectivity index (χ1v) is 7.88. The summed E-state index contributed by atoms with van der Waals surface area (Å²) in [4.78, 5) is 36.2. The number of anilines is 1. The van der Waals surface area contributed by atoms with E-state index in [1.807, 2.05) is 0 Å². The van der Waals surface area contributed by atoms with Crippen LogP contribution in [0.2, 0.25) is 5.02 Å². The van der Waals surface area contributed by atoms with Crippen LogP contribution in [0.5, 0.6) is 0 Å². The predicted octanol–water partition coefficient (Wildman–Crippen LogP) is 3.21. The van der Waals surface area contributed by atoms with E-state index in [0.717, 1.165) is 6.08 Å². The lowest BCUT2D eigenvalue weighted by atomic mass is 10.0. The van der Waals surface area contributed by atoms with E-state index < -0.39 is 11.9 Å². The molecule has 134 valence electrons. The van der Waals surface area contributed by atoms with Crippen LogP contribution in [-0.2, 0) is 19.1 Å². The number of ether oxygens (including phenoxy) is 2. The molecular weight excluding hydrogens is 358 g/mol. The standard InChI is InChI=1S/C19H16ClNO5/c1-25-17(22)11-16(19(24)26-2)21-15-9-8-13(20)10-14(15)18(23)12-6-4-3-5-7-12/h3-11,21H,1-2H3/b16-11+. The van der Waals surface area contributed by atoms with Gasteiger partial charge in [0, 0.05) is 16.1 Å². The molecule has 0 aliphatic heterocycles. The minimum absolute atomic E-state index is 0.177. The number of carbonyl (C=O) groups is 3. The Hall–Kier alpha value is -3.12. The molecule has 0 aromatic heterocycles. The smallest absolute Gasteiger partial charge is 0.354 e. The van der Waals surface area contributed by atoms with Crippen molar-refractivity contribution in [2.24, 2.45) is 0 Å². The number of ketones is 1. The van der Waals surface area contributed by atoms with Gasteiger partial charge in [-0.3, -0.25) is 4.79 Å². The number of halogens is 1. The highest BCUT2D eigenvalue weighted by molar-refractivity contribution is 6.31. The van der Waals surface area contributed by atoms with Crippen molar-refractivity contribution in [1.29, 1.82) is 0 Å². The summed E-state index contributed by atoms with van der Waals surface area (Å²) in [6, 6.07) is 13.2. The summed E-state index contributed by atoms with van der Waals surface area (Å²) in [5.74, 6) is -1.83. The Labute approximate surface area is 155 Å². The third-order valence-corrected chi connectivity index (χ3v) is 3.64. The minimum atomic E-state index is -0.788. The van der Waals surface area contributed by atoms with Gasteiger partial charge < -0.3 is 14.8 Å². The zero-order valence-electron chi connectivity index (χ0n) is 14.1. The average Bonchev–Trinajstić information content (AvgIpc) is 2.67. The van der Waals surface area contributed by atoms with Gasteiger partial charge in [0.05, 0.1) is 26.0 Å². The fraction of sp³-hybridized carbons (Fsp3) is 0.105. The Morgan fingerprint density at radius 2 is 1.69 bits per heavy atom. The fourth-order valence-electron chi connectivity index (χ4n) is 2.14. The van der Waals surface area contributed by atoms with E-state index >= 15 is 0 Å². The van der Waals surface area contributed by atoms with Crippen molar-refractivity contribution in [3.05, 3.63) is 76.5 Å². The van der Waals surface area contributed by atoms with Gasteiger partial charge in [0.15, 0.2) is 5.78 Å². The summed E-state index contributed by atoms with van der Waals surface area (Å²) in [7, 11) is 2.35. The van der Waals surface area contributed by atoms with Crippen molar-refractivity contribution in [3.8, 4) is 0 Å². The Bertz CT molecular complexity index is 861. The number of carbonyl (C=O) groups excluding carboxylic acids is 3. The molecular formula is C19H16ClNO5. The Balaban J connectivity index is 2.46. The lowest BCUT2D eigenvalue weighted by Crippen LogP contribution is -2.17. The van der Waals surface area contributed by atoms with Crippen molar-refractivity contribution in [3.63, 3.8) is 0 Å². The van der Waals surface area contributed by atoms with Gasteiger partial charge in [0.2, 0.25) is 0 Å². The van der Waals surface area contributed by atoms with E-state index in [4.69, 9.17) is 11.6 Å². The lowest BCUT2D eigenvalue weighted by Gasteiger charge is -2.13. The molecule has 6 nitrogen and oxygen atoms in total. The molecule has 0 saturated carbocycles. The van der Waals surface area contributed by atoms with E-state index in [0.29, 0.717) is 16.3 Å². The summed E-state index contributed by atoms with van der Waals surface area (Å²) in [5.41, 5.74) is 0.811. The monoisotopic (exact) mass is 373 g/mol. The Morgan fingerprint density at radius 1 is 1.00 bits per heavy atom. The van der Waals surface area contributed by atoms with Crippen molar-refractivity contribution in [2.45, 2.75) is 0 Å². The zero-order valence-corrected chi connectivity index (χ0v) is 14.9. The summed E-state index contributed by atoms with van der Waals surface area (Å²) >= 11 is 6.02. The van der Waals surface area contributed by atoms with Crippen molar-refractivity contribution in [2.75, 3.05) is 19.5 Å². The van der Waals surface area contributed by atoms with Crippen LogP contribution >= 0.6 is 11.6 Å². The first-order valence-electron chi connectivity index (χ1n) is 7.50. The average molecular weight is 374 g/mol. The van der Waals surface area contributed by atoms with Crippen LogP contribution < -0.4 is 5.32 Å². The third-order valence-electron chi connectivity index (χ3n) is 3.40. The van der Waals surface area contributed by atoms with Gasteiger partial charge in [-0.05, 0) is 18.2 Å². The third kappa shape index (κ3) is 4.70. The van der Waals surface area contributed by atoms with Crippen LogP contribution in [0, 0.1) is 0 Å². The highest BCUT2D eigenvalue weighted by Gasteiger charge is 2.18. The molecule has 1 N–H and O–H groups in total. The fourth-order valence-corrected chi connectivity index (χ4v) is 2.31. The summed E-state index contributed by atoms with van der Waals surface area (Å²) < 4.78 is 9.18. The van der Waals surface area contributed by atoms with Gasteiger partial charge in [-0.1, -0.05) is 41.9 Å². The van der Waals surface area contributed by atoms with E-state index in [-0.39, 0.29) is 17.0 Å². The maximum Gasteiger partial charge on any atom is 0.354 e. The Morgan fingerprint density at radius 3 is 2.31 bits per heavy atom. The number of hydrogen-bond acceptors (Lipinski definition) is 6. The molecule has 7 heteroatoms. The summed E-state index contributed by atoms with van der Waals surface area (Å²) in [6.45, 7) is 0. The van der Waals surface area contributed by atoms with Gasteiger partial charge in [-0.2, -0.15) is 0 Å². The van der Waals surface area contributed by atoms with E-state index in [1.165, 1.54) is 26.4 Å². The molecule has 26 heavy (non-hydrogen) atoms. The molecule has 0 fully saturated rings. The molecule has 0 saturated heterocycles. The summed E-state index contributed by atoms with van der Waals surface area (Å²) in [5, 5.41) is 3.10. The lowest BCUT2D eigenvalue weighted by molar-refractivity contribution is -0.138. The van der Waals surface area contributed by atoms with Gasteiger partial charge in [-0.15, -0.1) is 0 Å². The van der Waals surface area contributed by atoms with Crippen LogP contribution in [0.3, 0.4) is 0 Å². The number of benzene rings is 2. The zero-order chi connectivity index (χ0) is 19.1. The Kier molecular flexibility index (Phi) is 6.52. The molecule has 2 aromatic rings. The number of methoxy groups -OCH3 is 2. The van der Waals surface area contributed by atoms with Crippen LogP contribution in [-0.4, -0.2) is 31.9 Å². The largest absolute Gasteiger partial charge is 0.466 e. The molecule has 0 bridgehead atoms. The van der Waals surface area contributed by atoms with Crippen molar-refractivity contribution in [1.82, 2.24) is 0 Å². The molecule has 0 atom stereocenters. The van der Waals surface area contributed by atoms with Gasteiger partial charge in [-0.25, -0.2) is 9.59 Å². The molecule has 0 heterocycles. The molecule has 0 radical (unpaired) electrons. The van der Waals surface area contributed by atoms with Gasteiger partial charge in [0.25, 0.3) is 0 Å². The molecule has 2 aromatic carbocycles. The van der Waals surface area contributed by atoms with Crippen LogP contribution in [0.25, 0.3) is 0 Å². The normalized spacial score (nSPS) is 10.8. The number of rotatable bonds is 6. The second kappa shape index (κ2) is 8.82. The minimum Gasteiger partial charge on any atom is -0.466 e. The SMILES string of the molecule is COC(=O)/C=C(/Nc1ccc(Cl)cc1C(=O)c1ccccc1)C(=O)OC. The van der Waals surface area contributed by atoms with E-state index in [2.05, 4.69) is 14.8 Å². The number of hydrogen-bond donors (Lipinski definition) is 1.